The van der Waals surface area contributed by atoms with E-state index < -0.39 is 22.9 Å². The predicted molar refractivity (Wildman–Crippen MR) is 81.6 cm³/mol. The molecule has 6 heteroatoms. The molecule has 0 amide bonds. The minimum Gasteiger partial charge on any atom is -0.237 e. The van der Waals surface area contributed by atoms with Crippen molar-refractivity contribution in [3.8, 4) is 6.07 Å². The highest BCUT2D eigenvalue weighted by atomic mass is 32.2. The Bertz CT molecular complexity index is 569. The maximum absolute atomic E-state index is 13.4. The van der Waals surface area contributed by atoms with Crippen molar-refractivity contribution >= 4 is 11.0 Å². The van der Waals surface area contributed by atoms with Crippen LogP contribution in [0.25, 0.3) is 0 Å². The summed E-state index contributed by atoms with van der Waals surface area (Å²) in [5, 5.41) is 9.31. The van der Waals surface area contributed by atoms with Crippen molar-refractivity contribution in [2.75, 3.05) is 0 Å². The van der Waals surface area contributed by atoms with E-state index in [0.717, 1.165) is 5.56 Å². The monoisotopic (exact) mass is 326 g/mol. The molecule has 1 aromatic rings. The molecule has 0 radical (unpaired) electrons. The molecule has 3 nitrogen and oxygen atoms in total. The maximum Gasteiger partial charge on any atom is 0.248 e. The highest BCUT2D eigenvalue weighted by molar-refractivity contribution is 7.83. The standard InChI is InChI=1S/C16H20F2N2OS/c1-12-4-6-14(7-5-12)22(21)20-15(11-19)13-3-2-9-16(17,18)10-8-13/h4-7,13,15,20H,2-3,8-10H2,1H3/t13-,15-,22+/m1/s1. The van der Waals surface area contributed by atoms with E-state index in [0.29, 0.717) is 17.7 Å². The van der Waals surface area contributed by atoms with Crippen molar-refractivity contribution < 1.29 is 13.0 Å². The second-order valence-electron chi connectivity index (χ2n) is 5.85. The maximum atomic E-state index is 13.4. The first-order chi connectivity index (χ1) is 10.4. The zero-order valence-corrected chi connectivity index (χ0v) is 13.3. The Morgan fingerprint density at radius 3 is 2.64 bits per heavy atom. The molecule has 1 aliphatic rings. The van der Waals surface area contributed by atoms with Crippen LogP contribution in [0.2, 0.25) is 0 Å². The summed E-state index contributed by atoms with van der Waals surface area (Å²) >= 11 is 0. The SMILES string of the molecule is Cc1ccc([S@](=O)N[C@H](C#N)[C@@H]2CCCC(F)(F)CC2)cc1. The molecule has 120 valence electrons. The first-order valence-electron chi connectivity index (χ1n) is 7.43. The van der Waals surface area contributed by atoms with Crippen LogP contribution in [0.4, 0.5) is 8.78 Å². The minimum absolute atomic E-state index is 0.122. The van der Waals surface area contributed by atoms with Gasteiger partial charge in [-0.15, -0.1) is 0 Å². The van der Waals surface area contributed by atoms with Gasteiger partial charge in [0.1, 0.15) is 17.0 Å². The number of aryl methyl sites for hydroxylation is 1. The average Bonchev–Trinajstić information content (AvgIpc) is 2.66. The van der Waals surface area contributed by atoms with Crippen LogP contribution in [0.5, 0.6) is 0 Å². The van der Waals surface area contributed by atoms with E-state index in [1.54, 1.807) is 12.1 Å². The molecule has 3 atom stereocenters. The molecule has 1 N–H and O–H groups in total. The van der Waals surface area contributed by atoms with Crippen molar-refractivity contribution in [2.24, 2.45) is 5.92 Å². The zero-order valence-electron chi connectivity index (χ0n) is 12.5. The molecular formula is C16H20F2N2OS. The summed E-state index contributed by atoms with van der Waals surface area (Å²) in [6.07, 6.45) is 0.918. The molecule has 0 aromatic heterocycles. The molecule has 1 saturated carbocycles. The lowest BCUT2D eigenvalue weighted by Gasteiger charge is -2.21. The van der Waals surface area contributed by atoms with E-state index in [2.05, 4.69) is 10.8 Å². The summed E-state index contributed by atoms with van der Waals surface area (Å²) in [7, 11) is -1.51. The predicted octanol–water partition coefficient (Wildman–Crippen LogP) is 3.72. The highest BCUT2D eigenvalue weighted by Gasteiger charge is 2.35. The van der Waals surface area contributed by atoms with Gasteiger partial charge in [-0.05, 0) is 44.2 Å². The molecule has 0 aliphatic heterocycles. The van der Waals surface area contributed by atoms with Gasteiger partial charge in [0.05, 0.1) is 11.0 Å². The van der Waals surface area contributed by atoms with Gasteiger partial charge in [-0.25, -0.2) is 17.7 Å². The first-order valence-corrected chi connectivity index (χ1v) is 8.58. The quantitative estimate of drug-likeness (QED) is 0.858. The Labute approximate surface area is 132 Å². The minimum atomic E-state index is -2.63. The third-order valence-electron chi connectivity index (χ3n) is 4.08. The van der Waals surface area contributed by atoms with Gasteiger partial charge in [-0.3, -0.25) is 0 Å². The van der Waals surface area contributed by atoms with Crippen molar-refractivity contribution in [1.82, 2.24) is 4.72 Å². The fourth-order valence-corrected chi connectivity index (χ4v) is 3.69. The van der Waals surface area contributed by atoms with Gasteiger partial charge in [0, 0.05) is 12.8 Å². The van der Waals surface area contributed by atoms with E-state index >= 15 is 0 Å². The molecule has 0 unspecified atom stereocenters. The Kier molecular flexibility index (Phi) is 5.65. The fourth-order valence-electron chi connectivity index (χ4n) is 2.70. The third-order valence-corrected chi connectivity index (χ3v) is 5.25. The van der Waals surface area contributed by atoms with Crippen LogP contribution >= 0.6 is 0 Å². The summed E-state index contributed by atoms with van der Waals surface area (Å²) in [4.78, 5) is 0.588. The van der Waals surface area contributed by atoms with Gasteiger partial charge in [-0.2, -0.15) is 5.26 Å². The van der Waals surface area contributed by atoms with Gasteiger partial charge in [0.2, 0.25) is 5.92 Å². The molecule has 0 heterocycles. The second kappa shape index (κ2) is 7.30. The Hall–Kier alpha value is -1.32. The average molecular weight is 326 g/mol. The number of nitrogens with zero attached hydrogens (tertiary/aromatic N) is 1. The van der Waals surface area contributed by atoms with Gasteiger partial charge < -0.3 is 0 Å². The molecule has 0 bridgehead atoms. The molecule has 22 heavy (non-hydrogen) atoms. The summed E-state index contributed by atoms with van der Waals surface area (Å²) in [5.41, 5.74) is 1.06. The van der Waals surface area contributed by atoms with E-state index in [-0.39, 0.29) is 25.2 Å². The molecule has 1 fully saturated rings. The third kappa shape index (κ3) is 4.59. The summed E-state index contributed by atoms with van der Waals surface area (Å²) in [6, 6.07) is 8.61. The van der Waals surface area contributed by atoms with Crippen LogP contribution in [0.3, 0.4) is 0 Å². The van der Waals surface area contributed by atoms with Gasteiger partial charge in [0.25, 0.3) is 0 Å². The molecule has 2 rings (SSSR count). The van der Waals surface area contributed by atoms with E-state index in [9.17, 15) is 18.3 Å². The van der Waals surface area contributed by atoms with Crippen LogP contribution in [-0.2, 0) is 11.0 Å². The van der Waals surface area contributed by atoms with Crippen LogP contribution in [0.1, 0.15) is 37.7 Å². The van der Waals surface area contributed by atoms with Crippen LogP contribution < -0.4 is 4.72 Å². The van der Waals surface area contributed by atoms with Crippen molar-refractivity contribution in [3.05, 3.63) is 29.8 Å². The second-order valence-corrected chi connectivity index (χ2v) is 7.10. The Morgan fingerprint density at radius 2 is 2.00 bits per heavy atom. The number of benzene rings is 1. The van der Waals surface area contributed by atoms with E-state index in [1.165, 1.54) is 0 Å². The Balaban J connectivity index is 2.01. The summed E-state index contributed by atoms with van der Waals surface area (Å²) < 4.78 is 41.9. The topological polar surface area (TPSA) is 52.9 Å². The number of halogens is 2. The van der Waals surface area contributed by atoms with Gasteiger partial charge in [0.15, 0.2) is 0 Å². The van der Waals surface area contributed by atoms with Crippen molar-refractivity contribution in [2.45, 2.75) is 55.9 Å². The van der Waals surface area contributed by atoms with Crippen LogP contribution in [-0.4, -0.2) is 16.2 Å². The fraction of sp³-hybridized carbons (Fsp3) is 0.562. The van der Waals surface area contributed by atoms with Gasteiger partial charge >= 0.3 is 0 Å². The molecule has 1 aliphatic carbocycles. The normalized spacial score (nSPS) is 24.0. The largest absolute Gasteiger partial charge is 0.248 e. The highest BCUT2D eigenvalue weighted by Crippen LogP contribution is 2.35. The molecule has 0 spiro atoms. The first kappa shape index (κ1) is 17.0. The van der Waals surface area contributed by atoms with Crippen molar-refractivity contribution in [1.29, 1.82) is 5.26 Å². The number of nitriles is 1. The lowest BCUT2D eigenvalue weighted by Crippen LogP contribution is -2.36. The van der Waals surface area contributed by atoms with E-state index in [1.807, 2.05) is 19.1 Å². The van der Waals surface area contributed by atoms with Crippen molar-refractivity contribution in [3.63, 3.8) is 0 Å². The smallest absolute Gasteiger partial charge is 0.237 e. The van der Waals surface area contributed by atoms with Gasteiger partial charge in [-0.1, -0.05) is 17.7 Å². The van der Waals surface area contributed by atoms with Crippen LogP contribution in [0, 0.1) is 24.2 Å². The van der Waals surface area contributed by atoms with E-state index in [4.69, 9.17) is 0 Å². The number of nitrogens with one attached hydrogen (secondary N) is 1. The lowest BCUT2D eigenvalue weighted by molar-refractivity contribution is -0.0149. The summed E-state index contributed by atoms with van der Waals surface area (Å²) in [6.45, 7) is 1.93. The molecule has 0 saturated heterocycles. The molecular weight excluding hydrogens is 306 g/mol. The molecule has 1 aromatic carbocycles. The Morgan fingerprint density at radius 1 is 1.32 bits per heavy atom. The zero-order chi connectivity index (χ0) is 16.2. The number of hydrogen-bond acceptors (Lipinski definition) is 2. The number of alkyl halides is 2. The number of hydrogen-bond donors (Lipinski definition) is 1. The number of rotatable bonds is 4. The lowest BCUT2D eigenvalue weighted by atomic mass is 9.93. The van der Waals surface area contributed by atoms with Crippen LogP contribution in [0.15, 0.2) is 29.2 Å². The summed E-state index contributed by atoms with van der Waals surface area (Å²) in [5.74, 6) is -2.82.